The van der Waals surface area contributed by atoms with Gasteiger partial charge in [-0.05, 0) is 36.0 Å². The first-order valence-electron chi connectivity index (χ1n) is 11.6. The molecule has 0 aliphatic heterocycles. The van der Waals surface area contributed by atoms with Crippen LogP contribution in [0.15, 0.2) is 24.3 Å². The number of nitrogens with two attached hydrogens (primary N) is 1. The number of benzene rings is 1. The van der Waals surface area contributed by atoms with Crippen molar-refractivity contribution in [3.05, 3.63) is 29.8 Å². The van der Waals surface area contributed by atoms with Gasteiger partial charge >= 0.3 is 11.9 Å². The van der Waals surface area contributed by atoms with Gasteiger partial charge in [-0.2, -0.15) is 0 Å². The molecule has 0 aliphatic carbocycles. The van der Waals surface area contributed by atoms with E-state index in [-0.39, 0.29) is 18.1 Å². The number of nitrogens with one attached hydrogen (secondary N) is 3. The minimum absolute atomic E-state index is 0.0171. The Morgan fingerprint density at radius 3 is 1.83 bits per heavy atom. The van der Waals surface area contributed by atoms with Gasteiger partial charge in [-0.1, -0.05) is 39.8 Å². The predicted octanol–water partition coefficient (Wildman–Crippen LogP) is -0.0222. The van der Waals surface area contributed by atoms with E-state index >= 15 is 0 Å². The van der Waals surface area contributed by atoms with Gasteiger partial charge in [0.05, 0.1) is 12.5 Å². The van der Waals surface area contributed by atoms with E-state index < -0.39 is 66.2 Å². The van der Waals surface area contributed by atoms with Crippen LogP contribution >= 0.6 is 0 Å². The van der Waals surface area contributed by atoms with Crippen LogP contribution in [0.2, 0.25) is 0 Å². The summed E-state index contributed by atoms with van der Waals surface area (Å²) in [5, 5.41) is 35.3. The lowest BCUT2D eigenvalue weighted by molar-refractivity contribution is -0.144. The van der Waals surface area contributed by atoms with Gasteiger partial charge in [-0.25, -0.2) is 4.79 Å². The second kappa shape index (κ2) is 14.0. The lowest BCUT2D eigenvalue weighted by Gasteiger charge is -2.26. The number of phenols is 1. The Hall–Kier alpha value is -3.67. The Balaban J connectivity index is 3.16. The number of rotatable bonds is 14. The molecule has 12 heteroatoms. The number of hydrogen-bond acceptors (Lipinski definition) is 7. The van der Waals surface area contributed by atoms with Gasteiger partial charge in [0.2, 0.25) is 17.7 Å². The summed E-state index contributed by atoms with van der Waals surface area (Å²) < 4.78 is 0. The summed E-state index contributed by atoms with van der Waals surface area (Å²) in [7, 11) is 0. The molecule has 0 saturated carbocycles. The molecule has 36 heavy (non-hydrogen) atoms. The summed E-state index contributed by atoms with van der Waals surface area (Å²) in [6.45, 7) is 6.90. The van der Waals surface area contributed by atoms with Crippen molar-refractivity contribution in [1.82, 2.24) is 16.0 Å². The van der Waals surface area contributed by atoms with E-state index in [4.69, 9.17) is 5.73 Å². The highest BCUT2D eigenvalue weighted by Gasteiger charge is 2.32. The molecule has 0 fully saturated rings. The third kappa shape index (κ3) is 10.3. The molecule has 8 N–H and O–H groups in total. The maximum absolute atomic E-state index is 13.0. The minimum Gasteiger partial charge on any atom is -0.508 e. The van der Waals surface area contributed by atoms with E-state index in [0.717, 1.165) is 0 Å². The third-order valence-corrected chi connectivity index (χ3v) is 5.31. The number of phenolic OH excluding ortho intramolecular Hbond substituents is 1. The molecule has 0 radical (unpaired) electrons. The van der Waals surface area contributed by atoms with Crippen LogP contribution in [-0.2, 0) is 30.4 Å². The van der Waals surface area contributed by atoms with Crippen molar-refractivity contribution in [2.75, 3.05) is 0 Å². The van der Waals surface area contributed by atoms with Gasteiger partial charge in [-0.3, -0.25) is 19.2 Å². The van der Waals surface area contributed by atoms with E-state index in [1.54, 1.807) is 13.8 Å². The fourth-order valence-corrected chi connectivity index (χ4v) is 3.39. The number of carbonyl (C=O) groups excluding carboxylic acids is 3. The maximum Gasteiger partial charge on any atom is 0.326 e. The van der Waals surface area contributed by atoms with Gasteiger partial charge in [-0.15, -0.1) is 0 Å². The fourth-order valence-electron chi connectivity index (χ4n) is 3.39. The number of aromatic hydroxyl groups is 1. The Bertz CT molecular complexity index is 933. The molecule has 0 aliphatic rings. The SMILES string of the molecule is CC(C)CC(N)C(=O)NC(CC(=O)O)C(=O)NC(Cc1ccc(O)cc1)C(=O)NC(C(=O)O)C(C)C. The van der Waals surface area contributed by atoms with Crippen LogP contribution in [0.25, 0.3) is 0 Å². The Morgan fingerprint density at radius 1 is 0.833 bits per heavy atom. The average molecular weight is 509 g/mol. The van der Waals surface area contributed by atoms with Crippen LogP contribution in [0.1, 0.15) is 46.1 Å². The molecule has 200 valence electrons. The second-order valence-electron chi connectivity index (χ2n) is 9.40. The standard InChI is InChI=1S/C24H36N4O8/c1-12(2)9-16(25)21(32)26-18(11-19(30)31)22(33)27-17(10-14-5-7-15(29)8-6-14)23(34)28-20(13(3)4)24(35)36/h5-8,12-13,16-18,20,29H,9-11,25H2,1-4H3,(H,26,32)(H,27,33)(H,28,34)(H,30,31)(H,35,36). The molecule has 1 aromatic carbocycles. The first-order chi connectivity index (χ1) is 16.7. The van der Waals surface area contributed by atoms with Crippen LogP contribution in [0.5, 0.6) is 5.75 Å². The number of aliphatic carboxylic acids is 2. The first kappa shape index (κ1) is 30.4. The van der Waals surface area contributed by atoms with Gasteiger partial charge in [0.15, 0.2) is 0 Å². The zero-order chi connectivity index (χ0) is 27.6. The van der Waals surface area contributed by atoms with Crippen LogP contribution in [0.3, 0.4) is 0 Å². The molecule has 0 bridgehead atoms. The molecule has 1 rings (SSSR count). The number of carboxylic acid groups (broad SMARTS) is 2. The Kier molecular flexibility index (Phi) is 11.8. The van der Waals surface area contributed by atoms with Gasteiger partial charge in [0.25, 0.3) is 0 Å². The van der Waals surface area contributed by atoms with Crippen molar-refractivity contribution in [1.29, 1.82) is 0 Å². The van der Waals surface area contributed by atoms with Crippen LogP contribution in [0.4, 0.5) is 0 Å². The topological polar surface area (TPSA) is 208 Å². The molecular formula is C24H36N4O8. The van der Waals surface area contributed by atoms with Gasteiger partial charge < -0.3 is 37.0 Å². The number of carboxylic acids is 2. The molecule has 4 atom stereocenters. The molecule has 0 spiro atoms. The van der Waals surface area contributed by atoms with Crippen molar-refractivity contribution in [2.45, 2.75) is 71.1 Å². The van der Waals surface area contributed by atoms with Crippen LogP contribution in [0, 0.1) is 11.8 Å². The van der Waals surface area contributed by atoms with Crippen molar-refractivity contribution in [2.24, 2.45) is 17.6 Å². The van der Waals surface area contributed by atoms with Gasteiger partial charge in [0.1, 0.15) is 23.9 Å². The normalized spacial score (nSPS) is 14.4. The lowest BCUT2D eigenvalue weighted by Crippen LogP contribution is -2.58. The Morgan fingerprint density at radius 2 is 1.36 bits per heavy atom. The molecule has 0 saturated heterocycles. The van der Waals surface area contributed by atoms with Crippen molar-refractivity contribution < 1.29 is 39.3 Å². The molecule has 1 aromatic rings. The highest BCUT2D eigenvalue weighted by Crippen LogP contribution is 2.13. The van der Waals surface area contributed by atoms with Crippen LogP contribution < -0.4 is 21.7 Å². The van der Waals surface area contributed by atoms with Crippen LogP contribution in [-0.4, -0.2) is 69.1 Å². The molecule has 3 amide bonds. The summed E-state index contributed by atoms with van der Waals surface area (Å²) in [6, 6.07) is 0.755. The molecule has 0 aromatic heterocycles. The zero-order valence-corrected chi connectivity index (χ0v) is 20.9. The lowest BCUT2D eigenvalue weighted by atomic mass is 10.0. The average Bonchev–Trinajstić information content (AvgIpc) is 2.76. The van der Waals surface area contributed by atoms with E-state index in [2.05, 4.69) is 16.0 Å². The summed E-state index contributed by atoms with van der Waals surface area (Å²) in [4.78, 5) is 61.3. The second-order valence-corrected chi connectivity index (χ2v) is 9.40. The molecule has 12 nitrogen and oxygen atoms in total. The Labute approximate surface area is 209 Å². The van der Waals surface area contributed by atoms with E-state index in [1.807, 2.05) is 13.8 Å². The van der Waals surface area contributed by atoms with Crippen molar-refractivity contribution in [3.8, 4) is 5.75 Å². The smallest absolute Gasteiger partial charge is 0.326 e. The molecular weight excluding hydrogens is 472 g/mol. The summed E-state index contributed by atoms with van der Waals surface area (Å²) in [6.07, 6.45) is -0.545. The van der Waals surface area contributed by atoms with E-state index in [1.165, 1.54) is 24.3 Å². The predicted molar refractivity (Wildman–Crippen MR) is 130 cm³/mol. The quantitative estimate of drug-likeness (QED) is 0.180. The highest BCUT2D eigenvalue weighted by molar-refractivity contribution is 5.95. The first-order valence-corrected chi connectivity index (χ1v) is 11.6. The maximum atomic E-state index is 13.0. The monoisotopic (exact) mass is 508 g/mol. The summed E-state index contributed by atoms with van der Waals surface area (Å²) >= 11 is 0. The highest BCUT2D eigenvalue weighted by atomic mass is 16.4. The zero-order valence-electron chi connectivity index (χ0n) is 20.9. The van der Waals surface area contributed by atoms with E-state index in [0.29, 0.717) is 12.0 Å². The number of hydrogen-bond donors (Lipinski definition) is 7. The molecule has 0 heterocycles. The third-order valence-electron chi connectivity index (χ3n) is 5.31. The fraction of sp³-hybridized carbons (Fsp3) is 0.542. The molecule has 4 unspecified atom stereocenters. The van der Waals surface area contributed by atoms with Gasteiger partial charge in [0, 0.05) is 6.42 Å². The summed E-state index contributed by atoms with van der Waals surface area (Å²) in [5.41, 5.74) is 6.37. The number of carbonyl (C=O) groups is 5. The largest absolute Gasteiger partial charge is 0.508 e. The van der Waals surface area contributed by atoms with E-state index in [9.17, 15) is 39.3 Å². The van der Waals surface area contributed by atoms with Crippen molar-refractivity contribution in [3.63, 3.8) is 0 Å². The summed E-state index contributed by atoms with van der Waals surface area (Å²) in [5.74, 6) is -5.49. The number of amides is 3. The van der Waals surface area contributed by atoms with Crippen molar-refractivity contribution >= 4 is 29.7 Å². The minimum atomic E-state index is -1.52.